The molecule has 0 unspecified atom stereocenters. The van der Waals surface area contributed by atoms with Gasteiger partial charge in [0.2, 0.25) is 5.43 Å². The molecule has 1 heterocycles. The lowest BCUT2D eigenvalue weighted by Gasteiger charge is -2.14. The van der Waals surface area contributed by atoms with Crippen LogP contribution in [0, 0.1) is 5.82 Å². The third-order valence-corrected chi connectivity index (χ3v) is 4.91. The monoisotopic (exact) mass is 401 g/mol. The molecule has 3 aromatic carbocycles. The first-order valence-electron chi connectivity index (χ1n) is 9.71. The molecule has 0 atom stereocenters. The van der Waals surface area contributed by atoms with Crippen LogP contribution >= 0.6 is 0 Å². The molecule has 0 spiro atoms. The van der Waals surface area contributed by atoms with E-state index in [0.717, 1.165) is 5.56 Å². The van der Waals surface area contributed by atoms with Crippen molar-refractivity contribution in [3.8, 4) is 5.75 Å². The lowest BCUT2D eigenvalue weighted by molar-refractivity contribution is 0.103. The minimum Gasteiger partial charge on any atom is -0.494 e. The average Bonchev–Trinajstić information content (AvgIpc) is 2.77. The van der Waals surface area contributed by atoms with Crippen LogP contribution in [0.2, 0.25) is 0 Å². The van der Waals surface area contributed by atoms with Crippen LogP contribution in [0.15, 0.2) is 83.8 Å². The third kappa shape index (κ3) is 3.87. The van der Waals surface area contributed by atoms with Gasteiger partial charge in [0, 0.05) is 18.3 Å². The zero-order valence-corrected chi connectivity index (χ0v) is 16.5. The Morgan fingerprint density at radius 3 is 2.43 bits per heavy atom. The van der Waals surface area contributed by atoms with Crippen LogP contribution in [0.5, 0.6) is 5.75 Å². The minimum absolute atomic E-state index is 0.0875. The van der Waals surface area contributed by atoms with E-state index in [-0.39, 0.29) is 22.6 Å². The van der Waals surface area contributed by atoms with E-state index in [2.05, 4.69) is 0 Å². The number of hydrogen-bond donors (Lipinski definition) is 0. The molecule has 150 valence electrons. The van der Waals surface area contributed by atoms with Crippen molar-refractivity contribution in [3.05, 3.63) is 112 Å². The van der Waals surface area contributed by atoms with Crippen molar-refractivity contribution in [3.63, 3.8) is 0 Å². The smallest absolute Gasteiger partial charge is 0.200 e. The lowest BCUT2D eigenvalue weighted by Crippen LogP contribution is -2.20. The summed E-state index contributed by atoms with van der Waals surface area (Å²) in [4.78, 5) is 26.3. The van der Waals surface area contributed by atoms with Crippen LogP contribution in [0.4, 0.5) is 4.39 Å². The van der Waals surface area contributed by atoms with E-state index < -0.39 is 0 Å². The topological polar surface area (TPSA) is 48.3 Å². The molecular weight excluding hydrogens is 381 g/mol. The second-order valence-electron chi connectivity index (χ2n) is 6.93. The molecule has 0 saturated heterocycles. The Kier molecular flexibility index (Phi) is 5.44. The summed E-state index contributed by atoms with van der Waals surface area (Å²) in [5.74, 6) is -0.0817. The van der Waals surface area contributed by atoms with Crippen LogP contribution in [0.3, 0.4) is 0 Å². The predicted molar refractivity (Wildman–Crippen MR) is 115 cm³/mol. The Labute approximate surface area is 173 Å². The van der Waals surface area contributed by atoms with E-state index in [4.69, 9.17) is 4.74 Å². The van der Waals surface area contributed by atoms with Gasteiger partial charge in [0.1, 0.15) is 11.6 Å². The summed E-state index contributed by atoms with van der Waals surface area (Å²) in [7, 11) is 0. The Morgan fingerprint density at radius 2 is 1.73 bits per heavy atom. The van der Waals surface area contributed by atoms with Gasteiger partial charge in [-0.1, -0.05) is 42.5 Å². The molecule has 0 fully saturated rings. The molecule has 1 aromatic heterocycles. The fourth-order valence-electron chi connectivity index (χ4n) is 3.46. The van der Waals surface area contributed by atoms with E-state index in [0.29, 0.717) is 35.4 Å². The highest BCUT2D eigenvalue weighted by atomic mass is 19.1. The number of ether oxygens (including phenoxy) is 1. The van der Waals surface area contributed by atoms with Crippen molar-refractivity contribution >= 4 is 16.7 Å². The Balaban J connectivity index is 1.90. The summed E-state index contributed by atoms with van der Waals surface area (Å²) in [6.45, 7) is 2.73. The van der Waals surface area contributed by atoms with Gasteiger partial charge in [-0.15, -0.1) is 0 Å². The Hall–Kier alpha value is -3.73. The largest absolute Gasteiger partial charge is 0.494 e. The van der Waals surface area contributed by atoms with Gasteiger partial charge in [-0.05, 0) is 42.8 Å². The number of ketones is 1. The average molecular weight is 401 g/mol. The number of hydrogen-bond acceptors (Lipinski definition) is 3. The molecule has 0 bridgehead atoms. The number of carbonyl (C=O) groups excluding carboxylic acids is 1. The predicted octanol–water partition coefficient (Wildman–Crippen LogP) is 4.82. The number of pyridine rings is 1. The van der Waals surface area contributed by atoms with Gasteiger partial charge in [0.25, 0.3) is 0 Å². The fraction of sp³-hybridized carbons (Fsp3) is 0.120. The number of halogens is 1. The number of benzene rings is 3. The van der Waals surface area contributed by atoms with Crippen molar-refractivity contribution in [1.82, 2.24) is 4.57 Å². The molecule has 0 amide bonds. The summed E-state index contributed by atoms with van der Waals surface area (Å²) in [6.07, 6.45) is 1.59. The van der Waals surface area contributed by atoms with Gasteiger partial charge in [-0.25, -0.2) is 4.39 Å². The maximum atomic E-state index is 13.3. The summed E-state index contributed by atoms with van der Waals surface area (Å²) < 4.78 is 20.7. The number of nitrogens with zero attached hydrogens (tertiary/aromatic N) is 1. The maximum Gasteiger partial charge on any atom is 0.200 e. The van der Waals surface area contributed by atoms with Crippen molar-refractivity contribution in [2.24, 2.45) is 0 Å². The summed E-state index contributed by atoms with van der Waals surface area (Å²) in [5, 5.41) is 0.407. The van der Waals surface area contributed by atoms with E-state index in [1.54, 1.807) is 54.7 Å². The number of rotatable bonds is 6. The lowest BCUT2D eigenvalue weighted by atomic mass is 10.0. The second-order valence-corrected chi connectivity index (χ2v) is 6.93. The number of fused-ring (bicyclic) bond motifs is 1. The first kappa shape index (κ1) is 19.6. The van der Waals surface area contributed by atoms with E-state index in [1.807, 2.05) is 23.6 Å². The summed E-state index contributed by atoms with van der Waals surface area (Å²) in [5.41, 5.74) is 1.73. The van der Waals surface area contributed by atoms with Crippen molar-refractivity contribution < 1.29 is 13.9 Å². The normalized spacial score (nSPS) is 10.9. The molecular formula is C25H20FNO3. The van der Waals surface area contributed by atoms with E-state index >= 15 is 0 Å². The number of carbonyl (C=O) groups is 1. The highest BCUT2D eigenvalue weighted by molar-refractivity contribution is 6.10. The first-order chi connectivity index (χ1) is 14.6. The molecule has 0 aliphatic rings. The van der Waals surface area contributed by atoms with Gasteiger partial charge < -0.3 is 9.30 Å². The highest BCUT2D eigenvalue weighted by Crippen LogP contribution is 2.21. The van der Waals surface area contributed by atoms with Gasteiger partial charge in [0.05, 0.1) is 23.1 Å². The molecule has 5 heteroatoms. The zero-order chi connectivity index (χ0) is 21.1. The van der Waals surface area contributed by atoms with Gasteiger partial charge in [-0.3, -0.25) is 9.59 Å². The Bertz CT molecular complexity index is 1260. The standard InChI is InChI=1S/C25H20FNO3/c1-2-30-20-12-13-23-21(14-20)25(29)22(24(28)18-6-4-3-5-7-18)16-27(23)15-17-8-10-19(26)11-9-17/h3-14,16H,2,15H2,1H3. The Morgan fingerprint density at radius 1 is 1.00 bits per heavy atom. The SMILES string of the molecule is CCOc1ccc2c(c1)c(=O)c(C(=O)c1ccccc1)cn2Cc1ccc(F)cc1. The molecule has 0 aliphatic carbocycles. The molecule has 0 aliphatic heterocycles. The zero-order valence-electron chi connectivity index (χ0n) is 16.5. The van der Waals surface area contributed by atoms with Crippen LogP contribution in [-0.2, 0) is 6.54 Å². The van der Waals surface area contributed by atoms with Crippen LogP contribution in [0.25, 0.3) is 10.9 Å². The minimum atomic E-state index is -0.337. The van der Waals surface area contributed by atoms with Gasteiger partial charge >= 0.3 is 0 Å². The van der Waals surface area contributed by atoms with Crippen molar-refractivity contribution in [1.29, 1.82) is 0 Å². The second kappa shape index (κ2) is 8.33. The molecule has 0 N–H and O–H groups in total. The molecule has 4 nitrogen and oxygen atoms in total. The van der Waals surface area contributed by atoms with E-state index in [9.17, 15) is 14.0 Å². The molecule has 4 aromatic rings. The summed E-state index contributed by atoms with van der Waals surface area (Å²) >= 11 is 0. The van der Waals surface area contributed by atoms with Crippen LogP contribution < -0.4 is 10.2 Å². The molecule has 0 radical (unpaired) electrons. The van der Waals surface area contributed by atoms with Gasteiger partial charge in [-0.2, -0.15) is 0 Å². The highest BCUT2D eigenvalue weighted by Gasteiger charge is 2.18. The van der Waals surface area contributed by atoms with Crippen LogP contribution in [-0.4, -0.2) is 17.0 Å². The summed E-state index contributed by atoms with van der Waals surface area (Å²) in [6, 6.07) is 20.2. The first-order valence-corrected chi connectivity index (χ1v) is 9.71. The van der Waals surface area contributed by atoms with E-state index in [1.165, 1.54) is 12.1 Å². The van der Waals surface area contributed by atoms with Crippen molar-refractivity contribution in [2.45, 2.75) is 13.5 Å². The molecule has 4 rings (SSSR count). The third-order valence-electron chi connectivity index (χ3n) is 4.91. The molecule has 30 heavy (non-hydrogen) atoms. The molecule has 0 saturated carbocycles. The van der Waals surface area contributed by atoms with Crippen LogP contribution in [0.1, 0.15) is 28.4 Å². The van der Waals surface area contributed by atoms with Crippen molar-refractivity contribution in [2.75, 3.05) is 6.61 Å². The quantitative estimate of drug-likeness (QED) is 0.435. The maximum absolute atomic E-state index is 13.3. The van der Waals surface area contributed by atoms with Gasteiger partial charge in [0.15, 0.2) is 5.78 Å². The fourth-order valence-corrected chi connectivity index (χ4v) is 3.46. The number of aromatic nitrogens is 1.